The minimum absolute atomic E-state index is 0.00476. The van der Waals surface area contributed by atoms with Gasteiger partial charge in [0.05, 0.1) is 23.3 Å². The Kier molecular flexibility index (Phi) is 11.9. The molecule has 2 aromatic carbocycles. The maximum Gasteiger partial charge on any atom is 0.248 e. The first-order valence-corrected chi connectivity index (χ1v) is 13.6. The van der Waals surface area contributed by atoms with E-state index in [1.54, 1.807) is 18.2 Å². The molecular weight excluding hydrogens is 638 g/mol. The summed E-state index contributed by atoms with van der Waals surface area (Å²) in [7, 11) is 2.78. The average molecular weight is 670 g/mol. The molecule has 0 aromatic heterocycles. The zero-order valence-corrected chi connectivity index (χ0v) is 24.3. The highest BCUT2D eigenvalue weighted by Gasteiger charge is 2.40. The maximum absolute atomic E-state index is 13.8. The number of aliphatic hydroxyl groups excluding tert-OH is 2. The van der Waals surface area contributed by atoms with Crippen molar-refractivity contribution in [1.29, 1.82) is 0 Å². The van der Waals surface area contributed by atoms with Gasteiger partial charge in [-0.1, -0.05) is 12.1 Å². The third-order valence-electron chi connectivity index (χ3n) is 6.38. The number of aliphatic hydroxyl groups is 2. The topological polar surface area (TPSA) is 135 Å². The molecule has 3 atom stereocenters. The van der Waals surface area contributed by atoms with Gasteiger partial charge in [0, 0.05) is 37.8 Å². The molecule has 40 heavy (non-hydrogen) atoms. The number of carbonyl (C=O) groups is 3. The lowest BCUT2D eigenvalue weighted by Gasteiger charge is -2.40. The van der Waals surface area contributed by atoms with E-state index >= 15 is 0 Å². The molecule has 1 aliphatic rings. The number of ether oxygens (including phenoxy) is 3. The van der Waals surface area contributed by atoms with Gasteiger partial charge >= 0.3 is 0 Å². The van der Waals surface area contributed by atoms with Gasteiger partial charge in [0.1, 0.15) is 30.9 Å². The quantitative estimate of drug-likeness (QED) is 0.218. The molecule has 216 valence electrons. The summed E-state index contributed by atoms with van der Waals surface area (Å²) in [6.07, 6.45) is 0.0505. The number of benzene rings is 2. The normalized spacial score (nSPS) is 18.4. The number of rotatable bonds is 13. The van der Waals surface area contributed by atoms with Gasteiger partial charge in [-0.3, -0.25) is 14.4 Å². The zero-order valence-electron chi connectivity index (χ0n) is 22.1. The summed E-state index contributed by atoms with van der Waals surface area (Å²) in [5.74, 6) is -0.822. The summed E-state index contributed by atoms with van der Waals surface area (Å²) in [6.45, 7) is -0.414. The lowest BCUT2D eigenvalue weighted by molar-refractivity contribution is -0.142. The molecule has 0 radical (unpaired) electrons. The summed E-state index contributed by atoms with van der Waals surface area (Å²) in [5.41, 5.74) is 1.26. The number of nitrogens with one attached hydrogen (secondary N) is 1. The van der Waals surface area contributed by atoms with Crippen LogP contribution in [-0.4, -0.2) is 92.0 Å². The molecule has 0 bridgehead atoms. The highest BCUT2D eigenvalue weighted by Crippen LogP contribution is 2.37. The third kappa shape index (κ3) is 7.99. The molecule has 3 rings (SSSR count). The Labute approximate surface area is 245 Å². The van der Waals surface area contributed by atoms with E-state index in [4.69, 9.17) is 14.2 Å². The Morgan fingerprint density at radius 3 is 2.67 bits per heavy atom. The predicted octanol–water partition coefficient (Wildman–Crippen LogP) is 1.88. The number of methoxy groups -OCH3 is 2. The first-order valence-electron chi connectivity index (χ1n) is 12.5. The molecule has 0 aliphatic heterocycles. The van der Waals surface area contributed by atoms with Crippen molar-refractivity contribution in [3.63, 3.8) is 0 Å². The number of nitrogens with zero attached hydrogens (tertiary/aromatic N) is 1. The van der Waals surface area contributed by atoms with Gasteiger partial charge in [-0.2, -0.15) is 0 Å². The van der Waals surface area contributed by atoms with E-state index in [0.29, 0.717) is 21.0 Å². The first kappa shape index (κ1) is 31.5. The van der Waals surface area contributed by atoms with Crippen molar-refractivity contribution in [2.45, 2.75) is 31.1 Å². The van der Waals surface area contributed by atoms with Crippen molar-refractivity contribution in [1.82, 2.24) is 10.2 Å². The van der Waals surface area contributed by atoms with Gasteiger partial charge in [-0.05, 0) is 64.9 Å². The van der Waals surface area contributed by atoms with Gasteiger partial charge in [-0.15, -0.1) is 0 Å². The third-order valence-corrected chi connectivity index (χ3v) is 7.18. The highest BCUT2D eigenvalue weighted by atomic mass is 127. The lowest BCUT2D eigenvalue weighted by Crippen LogP contribution is -2.56. The van der Waals surface area contributed by atoms with Crippen molar-refractivity contribution >= 4 is 40.7 Å². The van der Waals surface area contributed by atoms with E-state index < -0.39 is 35.9 Å². The monoisotopic (exact) mass is 670 g/mol. The SMILES string of the molecule is COCC(=O)N(CCc1cccc(F)c1)C1CC(C(=O)NCCO)=CC(Oc2c(I)cc(C=O)cc2OC)C1O. The molecule has 2 aromatic rings. The standard InChI is InChI=1S/C28H32FIN2O8/c1-38-16-25(35)32(8-6-17-4-3-5-20(29)10-17)22-13-19(28(37)31-7-9-33)14-23(26(22)36)40-27-21(30)11-18(15-34)12-24(27)39-2/h3-5,10-12,14-15,22-23,26,33,36H,6-9,13,16H2,1-2H3,(H,31,37). The summed E-state index contributed by atoms with van der Waals surface area (Å²) < 4.78 is 31.0. The lowest BCUT2D eigenvalue weighted by atomic mass is 9.88. The fraction of sp³-hybridized carbons (Fsp3) is 0.393. The maximum atomic E-state index is 13.8. The van der Waals surface area contributed by atoms with Crippen LogP contribution in [0.3, 0.4) is 0 Å². The van der Waals surface area contributed by atoms with E-state index in [1.165, 1.54) is 43.4 Å². The number of hydrogen-bond acceptors (Lipinski definition) is 8. The number of aldehydes is 1. The van der Waals surface area contributed by atoms with Crippen LogP contribution in [0.5, 0.6) is 11.5 Å². The van der Waals surface area contributed by atoms with Crippen molar-refractivity contribution in [2.75, 3.05) is 40.5 Å². The molecule has 12 heteroatoms. The van der Waals surface area contributed by atoms with Crippen LogP contribution < -0.4 is 14.8 Å². The van der Waals surface area contributed by atoms with E-state index in [-0.39, 0.29) is 56.2 Å². The van der Waals surface area contributed by atoms with Gasteiger partial charge in [-0.25, -0.2) is 4.39 Å². The highest BCUT2D eigenvalue weighted by molar-refractivity contribution is 14.1. The summed E-state index contributed by atoms with van der Waals surface area (Å²) in [5, 5.41) is 23.3. The molecule has 3 N–H and O–H groups in total. The number of hydrogen-bond donors (Lipinski definition) is 3. The van der Waals surface area contributed by atoms with Crippen LogP contribution in [0.1, 0.15) is 22.3 Å². The van der Waals surface area contributed by atoms with Crippen LogP contribution in [0.2, 0.25) is 0 Å². The fourth-order valence-corrected chi connectivity index (χ4v) is 5.21. The van der Waals surface area contributed by atoms with Gasteiger partial charge in [0.25, 0.3) is 0 Å². The molecule has 0 spiro atoms. The molecule has 0 saturated carbocycles. The Bertz CT molecular complexity index is 1240. The van der Waals surface area contributed by atoms with Gasteiger partial charge in [0.15, 0.2) is 11.5 Å². The molecule has 3 unspecified atom stereocenters. The van der Waals surface area contributed by atoms with Gasteiger partial charge < -0.3 is 34.6 Å². The first-order chi connectivity index (χ1) is 19.2. The van der Waals surface area contributed by atoms with Crippen LogP contribution in [0.4, 0.5) is 4.39 Å². The zero-order chi connectivity index (χ0) is 29.2. The second-order valence-electron chi connectivity index (χ2n) is 9.07. The van der Waals surface area contributed by atoms with Crippen molar-refractivity contribution in [3.8, 4) is 11.5 Å². The Balaban J connectivity index is 1.99. The Hall–Kier alpha value is -3.07. The predicted molar refractivity (Wildman–Crippen MR) is 152 cm³/mol. The molecule has 0 fully saturated rings. The van der Waals surface area contributed by atoms with E-state index in [9.17, 15) is 29.0 Å². The second kappa shape index (κ2) is 15.1. The van der Waals surface area contributed by atoms with Crippen LogP contribution in [0.15, 0.2) is 48.0 Å². The molecular formula is C28H32FIN2O8. The fourth-order valence-electron chi connectivity index (χ4n) is 4.46. The second-order valence-corrected chi connectivity index (χ2v) is 10.2. The Morgan fingerprint density at radius 1 is 1.25 bits per heavy atom. The van der Waals surface area contributed by atoms with Crippen LogP contribution in [0.25, 0.3) is 0 Å². The average Bonchev–Trinajstić information content (AvgIpc) is 2.94. The summed E-state index contributed by atoms with van der Waals surface area (Å²) in [6, 6.07) is 8.17. The van der Waals surface area contributed by atoms with Crippen LogP contribution in [-0.2, 0) is 20.7 Å². The number of carbonyl (C=O) groups excluding carboxylic acids is 3. The van der Waals surface area contributed by atoms with Crippen molar-refractivity contribution in [2.24, 2.45) is 0 Å². The van der Waals surface area contributed by atoms with Crippen molar-refractivity contribution in [3.05, 3.63) is 68.6 Å². The van der Waals surface area contributed by atoms with Gasteiger partial charge in [0.2, 0.25) is 11.8 Å². The van der Waals surface area contributed by atoms with E-state index in [1.807, 2.05) is 22.6 Å². The largest absolute Gasteiger partial charge is 0.493 e. The Morgan fingerprint density at radius 2 is 2.02 bits per heavy atom. The summed E-state index contributed by atoms with van der Waals surface area (Å²) >= 11 is 1.98. The number of halogens is 2. The minimum atomic E-state index is -1.28. The number of amides is 2. The minimum Gasteiger partial charge on any atom is -0.493 e. The smallest absolute Gasteiger partial charge is 0.248 e. The molecule has 1 aliphatic carbocycles. The van der Waals surface area contributed by atoms with E-state index in [0.717, 1.165) is 0 Å². The molecule has 2 amide bonds. The van der Waals surface area contributed by atoms with Crippen LogP contribution in [0, 0.1) is 9.39 Å². The van der Waals surface area contributed by atoms with E-state index in [2.05, 4.69) is 5.32 Å². The molecule has 10 nitrogen and oxygen atoms in total. The van der Waals surface area contributed by atoms with Crippen molar-refractivity contribution < 1.29 is 43.2 Å². The summed E-state index contributed by atoms with van der Waals surface area (Å²) in [4.78, 5) is 38.9. The molecule has 0 saturated heterocycles. The van der Waals surface area contributed by atoms with Crippen LogP contribution >= 0.6 is 22.6 Å². The molecule has 0 heterocycles.